The van der Waals surface area contributed by atoms with Gasteiger partial charge in [-0.1, -0.05) is 29.4 Å². The van der Waals surface area contributed by atoms with Gasteiger partial charge in [-0.15, -0.1) is 0 Å². The molecule has 156 valence electrons. The zero-order valence-corrected chi connectivity index (χ0v) is 17.7. The van der Waals surface area contributed by atoms with E-state index in [0.717, 1.165) is 67.1 Å². The zero-order valence-electron chi connectivity index (χ0n) is 17.7. The van der Waals surface area contributed by atoms with E-state index < -0.39 is 0 Å². The Morgan fingerprint density at radius 2 is 1.87 bits per heavy atom. The van der Waals surface area contributed by atoms with Gasteiger partial charge in [0.2, 0.25) is 0 Å². The monoisotopic (exact) mass is 405 g/mol. The Kier molecular flexibility index (Phi) is 4.72. The van der Waals surface area contributed by atoms with Crippen molar-refractivity contribution in [3.05, 3.63) is 41.5 Å². The molecule has 1 saturated heterocycles. The highest BCUT2D eigenvalue weighted by Crippen LogP contribution is 2.45. The largest absolute Gasteiger partial charge is 0.383 e. The summed E-state index contributed by atoms with van der Waals surface area (Å²) in [5.74, 6) is 0.727. The van der Waals surface area contributed by atoms with E-state index in [0.29, 0.717) is 16.9 Å². The fraction of sp³-hybridized carbons (Fsp3) is 0.391. The number of nitrogens with one attached hydrogen (secondary N) is 1. The molecule has 5 rings (SSSR count). The predicted molar refractivity (Wildman–Crippen MR) is 120 cm³/mol. The van der Waals surface area contributed by atoms with Crippen molar-refractivity contribution in [1.29, 1.82) is 0 Å². The zero-order chi connectivity index (χ0) is 20.8. The number of aromatic nitrogens is 1. The molecule has 1 aromatic heterocycles. The lowest BCUT2D eigenvalue weighted by molar-refractivity contribution is 0.104. The van der Waals surface area contributed by atoms with Gasteiger partial charge in [-0.3, -0.25) is 4.79 Å². The Balaban J connectivity index is 1.68. The number of likely N-dealkylation sites (N-methyl/N-ethyl adjacent to an activating group) is 2. The maximum Gasteiger partial charge on any atom is 0.196 e. The summed E-state index contributed by atoms with van der Waals surface area (Å²) in [6.45, 7) is 5.48. The average Bonchev–Trinajstić information content (AvgIpc) is 3.18. The third-order valence-electron chi connectivity index (χ3n) is 6.10. The number of hydrogen-bond donors (Lipinski definition) is 1. The first-order valence-corrected chi connectivity index (χ1v) is 10.5. The lowest BCUT2D eigenvalue weighted by Crippen LogP contribution is -2.44. The van der Waals surface area contributed by atoms with Gasteiger partial charge >= 0.3 is 0 Å². The Bertz CT molecular complexity index is 1110. The Morgan fingerprint density at radius 1 is 1.13 bits per heavy atom. The summed E-state index contributed by atoms with van der Waals surface area (Å²) < 4.78 is 5.85. The summed E-state index contributed by atoms with van der Waals surface area (Å²) in [6.07, 6.45) is 0. The number of fused-ring (bicyclic) bond motifs is 2. The highest BCUT2D eigenvalue weighted by Gasteiger charge is 2.33. The quantitative estimate of drug-likeness (QED) is 0.548. The minimum atomic E-state index is 0.0311. The van der Waals surface area contributed by atoms with Crippen molar-refractivity contribution >= 4 is 28.1 Å². The summed E-state index contributed by atoms with van der Waals surface area (Å²) in [7, 11) is 6.24. The number of benzene rings is 2. The molecule has 0 radical (unpaired) electrons. The van der Waals surface area contributed by atoms with E-state index in [-0.39, 0.29) is 5.78 Å². The smallest absolute Gasteiger partial charge is 0.196 e. The van der Waals surface area contributed by atoms with Crippen LogP contribution in [0.3, 0.4) is 0 Å². The molecule has 7 nitrogen and oxygen atoms in total. The van der Waals surface area contributed by atoms with E-state index in [4.69, 9.17) is 4.52 Å². The summed E-state index contributed by atoms with van der Waals surface area (Å²) >= 11 is 0. The number of nitrogens with zero attached hydrogens (tertiary/aromatic N) is 4. The van der Waals surface area contributed by atoms with Gasteiger partial charge in [0.25, 0.3) is 0 Å². The van der Waals surface area contributed by atoms with Crippen molar-refractivity contribution in [3.8, 4) is 11.3 Å². The molecule has 7 heteroatoms. The molecular formula is C23H27N5O2. The van der Waals surface area contributed by atoms with Gasteiger partial charge < -0.3 is 24.5 Å². The Labute approximate surface area is 176 Å². The summed E-state index contributed by atoms with van der Waals surface area (Å²) in [5, 5.41) is 8.80. The summed E-state index contributed by atoms with van der Waals surface area (Å²) in [5.41, 5.74) is 4.86. The maximum atomic E-state index is 13.5. The Morgan fingerprint density at radius 3 is 2.60 bits per heavy atom. The van der Waals surface area contributed by atoms with Crippen LogP contribution in [0.25, 0.3) is 22.2 Å². The SMILES string of the molecule is CN(C)CCNc1cc(N2CCN(C)CC2)c2noc3c2c1C(=O)c1ccccc1-3. The molecule has 2 heterocycles. The van der Waals surface area contributed by atoms with Gasteiger partial charge in [-0.05, 0) is 27.2 Å². The van der Waals surface area contributed by atoms with Gasteiger partial charge in [-0.25, -0.2) is 0 Å². The maximum absolute atomic E-state index is 13.5. The lowest BCUT2D eigenvalue weighted by atomic mass is 9.86. The van der Waals surface area contributed by atoms with Crippen molar-refractivity contribution < 1.29 is 9.32 Å². The molecule has 30 heavy (non-hydrogen) atoms. The van der Waals surface area contributed by atoms with Crippen molar-refractivity contribution in [2.75, 3.05) is 70.6 Å². The van der Waals surface area contributed by atoms with Gasteiger partial charge in [0.15, 0.2) is 11.5 Å². The Hall–Kier alpha value is -2.90. The molecule has 2 aromatic carbocycles. The summed E-state index contributed by atoms with van der Waals surface area (Å²) in [6, 6.07) is 9.74. The fourth-order valence-electron chi connectivity index (χ4n) is 4.38. The molecule has 0 bridgehead atoms. The van der Waals surface area contributed by atoms with Crippen LogP contribution in [-0.2, 0) is 0 Å². The number of rotatable bonds is 5. The molecule has 1 aliphatic heterocycles. The normalized spacial score (nSPS) is 16.4. The standard InChI is InChI=1S/C23H27N5O2/c1-26(2)9-8-24-17-14-18(28-12-10-27(3)11-13-28)21-20-19(17)22(29)15-6-4-5-7-16(15)23(20)30-25-21/h4-7,14,24H,8-13H2,1-3H3. The first kappa shape index (κ1) is 19.1. The van der Waals surface area contributed by atoms with Crippen molar-refractivity contribution in [1.82, 2.24) is 15.0 Å². The molecular weight excluding hydrogens is 378 g/mol. The fourth-order valence-corrected chi connectivity index (χ4v) is 4.38. The van der Waals surface area contributed by atoms with Crippen LogP contribution in [0, 0.1) is 0 Å². The number of anilines is 2. The second kappa shape index (κ2) is 7.41. The predicted octanol–water partition coefficient (Wildman–Crippen LogP) is 2.76. The van der Waals surface area contributed by atoms with Crippen molar-refractivity contribution in [3.63, 3.8) is 0 Å². The number of ketones is 1. The first-order valence-electron chi connectivity index (χ1n) is 10.5. The molecule has 0 amide bonds. The first-order chi connectivity index (χ1) is 14.5. The van der Waals surface area contributed by atoms with Crippen LogP contribution in [0.2, 0.25) is 0 Å². The van der Waals surface area contributed by atoms with E-state index in [1.165, 1.54) is 0 Å². The van der Waals surface area contributed by atoms with Crippen LogP contribution in [0.15, 0.2) is 34.9 Å². The lowest BCUT2D eigenvalue weighted by Gasteiger charge is -2.34. The van der Waals surface area contributed by atoms with Crippen molar-refractivity contribution in [2.45, 2.75) is 0 Å². The van der Waals surface area contributed by atoms with Gasteiger partial charge in [0, 0.05) is 56.1 Å². The van der Waals surface area contributed by atoms with Crippen LogP contribution in [-0.4, -0.2) is 81.2 Å². The molecule has 1 fully saturated rings. The van der Waals surface area contributed by atoms with E-state index in [1.807, 2.05) is 38.4 Å². The highest BCUT2D eigenvalue weighted by atomic mass is 16.5. The molecule has 0 unspecified atom stereocenters. The molecule has 2 aliphatic rings. The third-order valence-corrected chi connectivity index (χ3v) is 6.10. The third kappa shape index (κ3) is 3.05. The van der Waals surface area contributed by atoms with Crippen LogP contribution in [0.1, 0.15) is 15.9 Å². The average molecular weight is 406 g/mol. The van der Waals surface area contributed by atoms with E-state index >= 15 is 0 Å². The van der Waals surface area contributed by atoms with Crippen LogP contribution in [0.4, 0.5) is 11.4 Å². The van der Waals surface area contributed by atoms with Gasteiger partial charge in [-0.2, -0.15) is 0 Å². The highest BCUT2D eigenvalue weighted by molar-refractivity contribution is 6.28. The van der Waals surface area contributed by atoms with E-state index in [1.54, 1.807) is 0 Å². The van der Waals surface area contributed by atoms with Crippen LogP contribution in [0.5, 0.6) is 0 Å². The van der Waals surface area contributed by atoms with Crippen LogP contribution < -0.4 is 10.2 Å². The number of carbonyl (C=O) groups is 1. The van der Waals surface area contributed by atoms with Crippen molar-refractivity contribution in [2.24, 2.45) is 0 Å². The minimum absolute atomic E-state index is 0.0311. The molecule has 0 spiro atoms. The topological polar surface area (TPSA) is 64.8 Å². The molecule has 1 N–H and O–H groups in total. The second-order valence-electron chi connectivity index (χ2n) is 8.45. The molecule has 0 saturated carbocycles. The second-order valence-corrected chi connectivity index (χ2v) is 8.45. The molecule has 1 aliphatic carbocycles. The number of carbonyl (C=O) groups excluding carboxylic acids is 1. The number of piperazine rings is 1. The van der Waals surface area contributed by atoms with E-state index in [9.17, 15) is 4.79 Å². The number of hydrogen-bond acceptors (Lipinski definition) is 7. The van der Waals surface area contributed by atoms with E-state index in [2.05, 4.69) is 38.3 Å². The molecule has 0 atom stereocenters. The van der Waals surface area contributed by atoms with Crippen LogP contribution >= 0.6 is 0 Å². The molecule has 3 aromatic rings. The van der Waals surface area contributed by atoms with Gasteiger partial charge in [0.1, 0.15) is 5.52 Å². The summed E-state index contributed by atoms with van der Waals surface area (Å²) in [4.78, 5) is 20.3. The van der Waals surface area contributed by atoms with Gasteiger partial charge in [0.05, 0.1) is 16.6 Å². The minimum Gasteiger partial charge on any atom is -0.383 e.